The molecule has 1 fully saturated rings. The predicted octanol–water partition coefficient (Wildman–Crippen LogP) is 1.40. The van der Waals surface area contributed by atoms with E-state index in [-0.39, 0.29) is 23.3 Å². The molecule has 1 aliphatic rings. The van der Waals surface area contributed by atoms with Crippen LogP contribution in [0.25, 0.3) is 0 Å². The lowest BCUT2D eigenvalue weighted by Crippen LogP contribution is -2.25. The summed E-state index contributed by atoms with van der Waals surface area (Å²) in [4.78, 5) is 11.5. The number of hydrogen-bond donors (Lipinski definition) is 2. The van der Waals surface area contributed by atoms with Gasteiger partial charge in [0.1, 0.15) is 5.76 Å². The molecule has 1 amide bonds. The second kappa shape index (κ2) is 6.55. The van der Waals surface area contributed by atoms with Crippen LogP contribution in [0.5, 0.6) is 0 Å². The van der Waals surface area contributed by atoms with E-state index in [9.17, 15) is 13.2 Å². The van der Waals surface area contributed by atoms with Crippen molar-refractivity contribution < 1.29 is 17.6 Å². The molecule has 1 saturated heterocycles. The van der Waals surface area contributed by atoms with Crippen molar-refractivity contribution in [3.8, 4) is 0 Å². The van der Waals surface area contributed by atoms with Gasteiger partial charge in [-0.05, 0) is 29.8 Å². The number of furan rings is 1. The molecule has 122 valence electrons. The molecule has 2 heterocycles. The Bertz CT molecular complexity index is 767. The van der Waals surface area contributed by atoms with E-state index in [1.807, 2.05) is 0 Å². The third-order valence-corrected chi connectivity index (χ3v) is 5.36. The molecule has 2 aromatic rings. The number of sulfonamides is 1. The number of carbonyl (C=O) groups excluding carboxylic acids is 1. The van der Waals surface area contributed by atoms with Gasteiger partial charge in [0.2, 0.25) is 15.9 Å². The standard InChI is InChI=1S/C16H18N2O4S/c19-16-10-13(11-17-16)12-3-5-15(6-4-12)23(20,21)18-8-7-14-2-1-9-22-14/h1-6,9,13,18H,7-8,10-11H2,(H,17,19)/t13-/m0/s1. The number of nitrogens with one attached hydrogen (secondary N) is 2. The predicted molar refractivity (Wildman–Crippen MR) is 84.4 cm³/mol. The van der Waals surface area contributed by atoms with Gasteiger partial charge < -0.3 is 9.73 Å². The summed E-state index contributed by atoms with van der Waals surface area (Å²) >= 11 is 0. The lowest BCUT2D eigenvalue weighted by molar-refractivity contribution is -0.119. The molecule has 0 aliphatic carbocycles. The molecule has 1 aromatic carbocycles. The van der Waals surface area contributed by atoms with Crippen molar-refractivity contribution in [2.75, 3.05) is 13.1 Å². The molecule has 23 heavy (non-hydrogen) atoms. The van der Waals surface area contributed by atoms with Gasteiger partial charge in [-0.3, -0.25) is 4.79 Å². The largest absolute Gasteiger partial charge is 0.469 e. The molecule has 1 aromatic heterocycles. The van der Waals surface area contributed by atoms with Crippen LogP contribution in [0, 0.1) is 0 Å². The molecule has 6 nitrogen and oxygen atoms in total. The van der Waals surface area contributed by atoms with Crippen molar-refractivity contribution in [2.45, 2.75) is 23.7 Å². The molecule has 1 atom stereocenters. The SMILES string of the molecule is O=C1C[C@H](c2ccc(S(=O)(=O)NCCc3ccco3)cc2)CN1. The van der Waals surface area contributed by atoms with Gasteiger partial charge in [-0.15, -0.1) is 0 Å². The van der Waals surface area contributed by atoms with E-state index in [1.165, 1.54) is 0 Å². The number of amides is 1. The Morgan fingerprint density at radius 3 is 2.61 bits per heavy atom. The summed E-state index contributed by atoms with van der Waals surface area (Å²) in [5.41, 5.74) is 0.970. The smallest absolute Gasteiger partial charge is 0.240 e. The van der Waals surface area contributed by atoms with E-state index in [0.29, 0.717) is 19.4 Å². The summed E-state index contributed by atoms with van der Waals surface area (Å²) < 4.78 is 32.2. The van der Waals surface area contributed by atoms with Gasteiger partial charge in [0.25, 0.3) is 0 Å². The van der Waals surface area contributed by atoms with E-state index in [4.69, 9.17) is 4.42 Å². The van der Waals surface area contributed by atoms with Crippen LogP contribution in [0.15, 0.2) is 52.0 Å². The second-order valence-corrected chi connectivity index (χ2v) is 7.27. The average molecular weight is 334 g/mol. The second-order valence-electron chi connectivity index (χ2n) is 5.50. The topological polar surface area (TPSA) is 88.4 Å². The van der Waals surface area contributed by atoms with Crippen molar-refractivity contribution in [2.24, 2.45) is 0 Å². The summed E-state index contributed by atoms with van der Waals surface area (Å²) in [6, 6.07) is 10.3. The maximum atomic E-state index is 12.2. The van der Waals surface area contributed by atoms with Gasteiger partial charge in [-0.25, -0.2) is 13.1 Å². The van der Waals surface area contributed by atoms with Crippen molar-refractivity contribution in [3.05, 3.63) is 54.0 Å². The minimum absolute atomic E-state index is 0.0336. The zero-order valence-corrected chi connectivity index (χ0v) is 13.3. The van der Waals surface area contributed by atoms with Crippen molar-refractivity contribution in [1.29, 1.82) is 0 Å². The van der Waals surface area contributed by atoms with Crippen LogP contribution in [0.2, 0.25) is 0 Å². The van der Waals surface area contributed by atoms with Gasteiger partial charge in [-0.1, -0.05) is 12.1 Å². The average Bonchev–Trinajstić information content (AvgIpc) is 3.19. The first-order chi connectivity index (χ1) is 11.0. The quantitative estimate of drug-likeness (QED) is 0.836. The van der Waals surface area contributed by atoms with Crippen LogP contribution in [-0.4, -0.2) is 27.4 Å². The first-order valence-electron chi connectivity index (χ1n) is 7.43. The minimum Gasteiger partial charge on any atom is -0.469 e. The number of rotatable bonds is 6. The van der Waals surface area contributed by atoms with Crippen molar-refractivity contribution >= 4 is 15.9 Å². The highest BCUT2D eigenvalue weighted by atomic mass is 32.2. The molecule has 1 aliphatic heterocycles. The fourth-order valence-electron chi connectivity index (χ4n) is 2.61. The highest BCUT2D eigenvalue weighted by Crippen LogP contribution is 2.24. The number of carbonyl (C=O) groups is 1. The van der Waals surface area contributed by atoms with E-state index >= 15 is 0 Å². The molecule has 0 saturated carbocycles. The van der Waals surface area contributed by atoms with Gasteiger partial charge in [-0.2, -0.15) is 0 Å². The van der Waals surface area contributed by atoms with Gasteiger partial charge in [0.05, 0.1) is 11.2 Å². The van der Waals surface area contributed by atoms with E-state index < -0.39 is 10.0 Å². The zero-order valence-electron chi connectivity index (χ0n) is 12.5. The summed E-state index contributed by atoms with van der Waals surface area (Å²) in [5, 5.41) is 2.78. The Balaban J connectivity index is 1.62. The lowest BCUT2D eigenvalue weighted by atomic mass is 9.99. The summed E-state index contributed by atoms with van der Waals surface area (Å²) in [6.45, 7) is 0.880. The minimum atomic E-state index is -3.54. The zero-order chi connectivity index (χ0) is 16.3. The van der Waals surface area contributed by atoms with Crippen molar-refractivity contribution in [1.82, 2.24) is 10.0 Å². The van der Waals surface area contributed by atoms with Gasteiger partial charge >= 0.3 is 0 Å². The highest BCUT2D eigenvalue weighted by Gasteiger charge is 2.23. The molecule has 0 radical (unpaired) electrons. The molecule has 0 unspecified atom stereocenters. The molecule has 3 rings (SSSR count). The Morgan fingerprint density at radius 2 is 2.00 bits per heavy atom. The molecule has 7 heteroatoms. The van der Waals surface area contributed by atoms with Crippen LogP contribution in [0.4, 0.5) is 0 Å². The Morgan fingerprint density at radius 1 is 1.22 bits per heavy atom. The lowest BCUT2D eigenvalue weighted by Gasteiger charge is -2.10. The van der Waals surface area contributed by atoms with Gasteiger partial charge in [0, 0.05) is 31.8 Å². The van der Waals surface area contributed by atoms with E-state index in [1.54, 1.807) is 42.7 Å². The molecule has 0 bridgehead atoms. The maximum absolute atomic E-state index is 12.2. The first-order valence-corrected chi connectivity index (χ1v) is 8.91. The third kappa shape index (κ3) is 3.80. The van der Waals surface area contributed by atoms with Crippen LogP contribution < -0.4 is 10.0 Å². The highest BCUT2D eigenvalue weighted by molar-refractivity contribution is 7.89. The summed E-state index contributed by atoms with van der Waals surface area (Å²) in [5.74, 6) is 0.888. The fourth-order valence-corrected chi connectivity index (χ4v) is 3.64. The summed E-state index contributed by atoms with van der Waals surface area (Å²) in [7, 11) is -3.54. The third-order valence-electron chi connectivity index (χ3n) is 3.88. The van der Waals surface area contributed by atoms with Crippen LogP contribution in [0.3, 0.4) is 0 Å². The Hall–Kier alpha value is -2.12. The van der Waals surface area contributed by atoms with E-state index in [2.05, 4.69) is 10.0 Å². The van der Waals surface area contributed by atoms with Crippen molar-refractivity contribution in [3.63, 3.8) is 0 Å². The van der Waals surface area contributed by atoms with Gasteiger partial charge in [0.15, 0.2) is 0 Å². The molecule has 0 spiro atoms. The van der Waals surface area contributed by atoms with Crippen LogP contribution in [-0.2, 0) is 21.2 Å². The van der Waals surface area contributed by atoms with Crippen LogP contribution in [0.1, 0.15) is 23.7 Å². The number of benzene rings is 1. The Labute approximate surface area is 134 Å². The summed E-state index contributed by atoms with van der Waals surface area (Å²) in [6.07, 6.45) is 2.51. The normalized spacial score (nSPS) is 18.1. The Kier molecular flexibility index (Phi) is 4.49. The first kappa shape index (κ1) is 15.8. The maximum Gasteiger partial charge on any atom is 0.240 e. The fraction of sp³-hybridized carbons (Fsp3) is 0.312. The monoisotopic (exact) mass is 334 g/mol. The number of hydrogen-bond acceptors (Lipinski definition) is 4. The molecular formula is C16H18N2O4S. The molecule has 2 N–H and O–H groups in total. The van der Waals surface area contributed by atoms with Crippen LogP contribution >= 0.6 is 0 Å². The van der Waals surface area contributed by atoms with E-state index in [0.717, 1.165) is 11.3 Å². The molecular weight excluding hydrogens is 316 g/mol.